The molecule has 0 bridgehead atoms. The van der Waals surface area contributed by atoms with Crippen molar-refractivity contribution in [1.29, 1.82) is 0 Å². The molecule has 0 saturated carbocycles. The molecule has 21 heavy (non-hydrogen) atoms. The van der Waals surface area contributed by atoms with Gasteiger partial charge in [-0.1, -0.05) is 18.2 Å². The average Bonchev–Trinajstić information content (AvgIpc) is 2.45. The molecule has 0 spiro atoms. The Hall–Kier alpha value is -2.43. The molecule has 5 nitrogen and oxygen atoms in total. The lowest BCUT2D eigenvalue weighted by Crippen LogP contribution is -2.32. The first-order chi connectivity index (χ1) is 10.0. The molecule has 1 N–H and O–H groups in total. The highest BCUT2D eigenvalue weighted by atomic mass is 16.5. The van der Waals surface area contributed by atoms with Gasteiger partial charge in [-0.2, -0.15) is 0 Å². The zero-order chi connectivity index (χ0) is 15.8. The molecular formula is C16H19NO4. The maximum atomic E-state index is 12.4. The van der Waals surface area contributed by atoms with Crippen molar-refractivity contribution >= 4 is 23.2 Å². The van der Waals surface area contributed by atoms with Crippen LogP contribution in [0, 0.1) is 5.92 Å². The Morgan fingerprint density at radius 3 is 2.67 bits per heavy atom. The molecule has 0 aromatic heterocycles. The highest BCUT2D eigenvalue weighted by Crippen LogP contribution is 2.16. The van der Waals surface area contributed by atoms with Gasteiger partial charge in [0, 0.05) is 17.8 Å². The highest BCUT2D eigenvalue weighted by molar-refractivity contribution is 6.22. The van der Waals surface area contributed by atoms with Gasteiger partial charge in [0.05, 0.1) is 6.61 Å². The number of anilines is 1. The Labute approximate surface area is 124 Å². The third-order valence-corrected chi connectivity index (χ3v) is 2.79. The van der Waals surface area contributed by atoms with Crippen LogP contribution in [-0.2, 0) is 14.3 Å². The number of hydrogen-bond acceptors (Lipinski definition) is 5. The number of ketones is 2. The summed E-state index contributed by atoms with van der Waals surface area (Å²) in [5.74, 6) is -3.29. The molecule has 112 valence electrons. The fourth-order valence-electron chi connectivity index (χ4n) is 1.82. The highest BCUT2D eigenvalue weighted by Gasteiger charge is 2.33. The lowest BCUT2D eigenvalue weighted by atomic mass is 9.94. The van der Waals surface area contributed by atoms with Crippen LogP contribution in [0.2, 0.25) is 0 Å². The van der Waals surface area contributed by atoms with Crippen molar-refractivity contribution in [2.45, 2.75) is 13.8 Å². The number of Topliss-reactive ketones (excluding diaryl/α,β-unsaturated/α-hetero) is 2. The molecular weight excluding hydrogens is 270 g/mol. The quantitative estimate of drug-likeness (QED) is 0.344. The van der Waals surface area contributed by atoms with Gasteiger partial charge in [-0.15, -0.1) is 6.58 Å². The van der Waals surface area contributed by atoms with Crippen molar-refractivity contribution in [3.05, 3.63) is 42.5 Å². The Morgan fingerprint density at radius 1 is 1.38 bits per heavy atom. The molecule has 1 aromatic carbocycles. The summed E-state index contributed by atoms with van der Waals surface area (Å²) >= 11 is 0. The number of esters is 1. The summed E-state index contributed by atoms with van der Waals surface area (Å²) in [5.41, 5.74) is 1.00. The summed E-state index contributed by atoms with van der Waals surface area (Å²) in [5, 5.41) is 3.04. The van der Waals surface area contributed by atoms with E-state index in [0.29, 0.717) is 12.2 Å². The number of ether oxygens (including phenoxy) is 1. The van der Waals surface area contributed by atoms with E-state index in [1.807, 2.05) is 0 Å². The zero-order valence-electron chi connectivity index (χ0n) is 12.2. The molecule has 1 rings (SSSR count). The fraction of sp³-hybridized carbons (Fsp3) is 0.312. The van der Waals surface area contributed by atoms with Crippen LogP contribution in [0.25, 0.3) is 0 Å². The fourth-order valence-corrected chi connectivity index (χ4v) is 1.82. The van der Waals surface area contributed by atoms with Gasteiger partial charge in [0.25, 0.3) is 0 Å². The van der Waals surface area contributed by atoms with Gasteiger partial charge >= 0.3 is 5.97 Å². The third-order valence-electron chi connectivity index (χ3n) is 2.79. The first kappa shape index (κ1) is 16.6. The largest absolute Gasteiger partial charge is 0.465 e. The number of carbonyl (C=O) groups is 3. The van der Waals surface area contributed by atoms with Crippen LogP contribution in [-0.4, -0.2) is 30.7 Å². The van der Waals surface area contributed by atoms with Gasteiger partial charge in [-0.25, -0.2) is 0 Å². The van der Waals surface area contributed by atoms with E-state index in [9.17, 15) is 14.4 Å². The van der Waals surface area contributed by atoms with Crippen LogP contribution in [0.15, 0.2) is 36.9 Å². The SMILES string of the molecule is C=CCNc1cccc(C(=O)C(C(C)=O)C(=O)OCC)c1. The Morgan fingerprint density at radius 2 is 2.10 bits per heavy atom. The molecule has 0 aliphatic heterocycles. The zero-order valence-corrected chi connectivity index (χ0v) is 12.2. The van der Waals surface area contributed by atoms with Crippen LogP contribution in [0.1, 0.15) is 24.2 Å². The van der Waals surface area contributed by atoms with Crippen molar-refractivity contribution in [3.8, 4) is 0 Å². The Kier molecular flexibility index (Phi) is 6.33. The van der Waals surface area contributed by atoms with Crippen LogP contribution >= 0.6 is 0 Å². The van der Waals surface area contributed by atoms with Crippen LogP contribution < -0.4 is 5.32 Å². The average molecular weight is 289 g/mol. The second-order valence-electron chi connectivity index (χ2n) is 4.41. The molecule has 0 radical (unpaired) electrons. The van der Waals surface area contributed by atoms with Crippen molar-refractivity contribution in [2.75, 3.05) is 18.5 Å². The normalized spacial score (nSPS) is 11.3. The van der Waals surface area contributed by atoms with Crippen molar-refractivity contribution in [2.24, 2.45) is 5.92 Å². The number of benzene rings is 1. The standard InChI is InChI=1S/C16H19NO4/c1-4-9-17-13-8-6-7-12(10-13)15(19)14(11(3)18)16(20)21-5-2/h4,6-8,10,14,17H,1,5,9H2,2-3H3. The van der Waals surface area contributed by atoms with Gasteiger partial charge < -0.3 is 10.1 Å². The van der Waals surface area contributed by atoms with E-state index < -0.39 is 23.5 Å². The van der Waals surface area contributed by atoms with Crippen LogP contribution in [0.5, 0.6) is 0 Å². The second-order valence-corrected chi connectivity index (χ2v) is 4.41. The minimum atomic E-state index is -1.40. The van der Waals surface area contributed by atoms with E-state index in [2.05, 4.69) is 11.9 Å². The Bertz CT molecular complexity index is 551. The van der Waals surface area contributed by atoms with E-state index >= 15 is 0 Å². The monoisotopic (exact) mass is 289 g/mol. The number of rotatable bonds is 8. The summed E-state index contributed by atoms with van der Waals surface area (Å²) < 4.78 is 4.79. The first-order valence-corrected chi connectivity index (χ1v) is 6.67. The second kappa shape index (κ2) is 7.99. The molecule has 0 heterocycles. The van der Waals surface area contributed by atoms with Crippen molar-refractivity contribution in [1.82, 2.24) is 0 Å². The third kappa shape index (κ3) is 4.56. The van der Waals surface area contributed by atoms with E-state index in [1.165, 1.54) is 6.92 Å². The summed E-state index contributed by atoms with van der Waals surface area (Å²) in [6.07, 6.45) is 1.69. The topological polar surface area (TPSA) is 72.5 Å². The van der Waals surface area contributed by atoms with Crippen molar-refractivity contribution in [3.63, 3.8) is 0 Å². The molecule has 1 aromatic rings. The molecule has 0 fully saturated rings. The maximum absolute atomic E-state index is 12.4. The summed E-state index contributed by atoms with van der Waals surface area (Å²) in [7, 11) is 0. The van der Waals surface area contributed by atoms with Gasteiger partial charge in [0.15, 0.2) is 17.5 Å². The van der Waals surface area contributed by atoms with Gasteiger partial charge in [0.2, 0.25) is 0 Å². The van der Waals surface area contributed by atoms with Crippen LogP contribution in [0.4, 0.5) is 5.69 Å². The molecule has 0 amide bonds. The minimum Gasteiger partial charge on any atom is -0.465 e. The number of hydrogen-bond donors (Lipinski definition) is 1. The van der Waals surface area contributed by atoms with E-state index in [4.69, 9.17) is 4.74 Å². The molecule has 0 aliphatic rings. The van der Waals surface area contributed by atoms with Crippen molar-refractivity contribution < 1.29 is 19.1 Å². The summed E-state index contributed by atoms with van der Waals surface area (Å²) in [6.45, 7) is 7.09. The molecule has 1 unspecified atom stereocenters. The molecule has 5 heteroatoms. The smallest absolute Gasteiger partial charge is 0.324 e. The molecule has 1 atom stereocenters. The van der Waals surface area contributed by atoms with E-state index in [-0.39, 0.29) is 12.2 Å². The lowest BCUT2D eigenvalue weighted by Gasteiger charge is -2.12. The number of carbonyl (C=O) groups excluding carboxylic acids is 3. The maximum Gasteiger partial charge on any atom is 0.324 e. The predicted octanol–water partition coefficient (Wildman–Crippen LogP) is 2.24. The molecule has 0 saturated heterocycles. The number of nitrogens with one attached hydrogen (secondary N) is 1. The van der Waals surface area contributed by atoms with E-state index in [1.54, 1.807) is 37.3 Å². The van der Waals surface area contributed by atoms with Gasteiger partial charge in [-0.3, -0.25) is 14.4 Å². The lowest BCUT2D eigenvalue weighted by molar-refractivity contribution is -0.148. The van der Waals surface area contributed by atoms with Gasteiger partial charge in [0.1, 0.15) is 0 Å². The van der Waals surface area contributed by atoms with E-state index in [0.717, 1.165) is 0 Å². The summed E-state index contributed by atoms with van der Waals surface area (Å²) in [4.78, 5) is 35.7. The minimum absolute atomic E-state index is 0.122. The van der Waals surface area contributed by atoms with Gasteiger partial charge in [-0.05, 0) is 26.0 Å². The first-order valence-electron chi connectivity index (χ1n) is 6.67. The van der Waals surface area contributed by atoms with Crippen LogP contribution in [0.3, 0.4) is 0 Å². The molecule has 0 aliphatic carbocycles. The predicted molar refractivity (Wildman–Crippen MR) is 80.3 cm³/mol. The Balaban J connectivity index is 3.01. The summed E-state index contributed by atoms with van der Waals surface area (Å²) in [6, 6.07) is 6.63.